The van der Waals surface area contributed by atoms with Crippen molar-refractivity contribution in [2.24, 2.45) is 0 Å². The molecule has 2 N–H and O–H groups in total. The number of hydrogen-bond donors (Lipinski definition) is 2. The summed E-state index contributed by atoms with van der Waals surface area (Å²) in [5.41, 5.74) is 0.565. The first kappa shape index (κ1) is 13.3. The molecule has 0 saturated carbocycles. The Morgan fingerprint density at radius 1 is 1.44 bits per heavy atom. The van der Waals surface area contributed by atoms with E-state index in [1.807, 2.05) is 12.1 Å². The van der Waals surface area contributed by atoms with Crippen LogP contribution in [0, 0.1) is 5.82 Å². The Morgan fingerprint density at radius 2 is 2.17 bits per heavy atom. The number of nitrogens with one attached hydrogen (secondary N) is 1. The van der Waals surface area contributed by atoms with Gasteiger partial charge >= 0.3 is 0 Å². The molecule has 1 aromatic carbocycles. The second-order valence-corrected chi connectivity index (χ2v) is 5.57. The lowest BCUT2D eigenvalue weighted by molar-refractivity contribution is 0.223. The first-order valence-corrected chi connectivity index (χ1v) is 6.40. The number of aliphatic hydroxyl groups excluding tert-OH is 1. The lowest BCUT2D eigenvalue weighted by Crippen LogP contribution is -2.62. The molecule has 1 fully saturated rings. The third kappa shape index (κ3) is 3.00. The van der Waals surface area contributed by atoms with E-state index in [0.29, 0.717) is 12.1 Å². The molecule has 1 saturated heterocycles. The fourth-order valence-corrected chi connectivity index (χ4v) is 2.66. The van der Waals surface area contributed by atoms with Crippen molar-refractivity contribution in [1.82, 2.24) is 5.32 Å². The van der Waals surface area contributed by atoms with Crippen LogP contribution in [0.15, 0.2) is 24.3 Å². The molecule has 0 radical (unpaired) electrons. The molecule has 0 aromatic heterocycles. The van der Waals surface area contributed by atoms with Crippen LogP contribution in [-0.2, 0) is 0 Å². The van der Waals surface area contributed by atoms with Crippen molar-refractivity contribution in [3.63, 3.8) is 0 Å². The van der Waals surface area contributed by atoms with Crippen LogP contribution in [0.3, 0.4) is 0 Å². The van der Waals surface area contributed by atoms with Crippen molar-refractivity contribution in [3.05, 3.63) is 30.1 Å². The molecule has 0 bridgehead atoms. The van der Waals surface area contributed by atoms with Gasteiger partial charge in [0.05, 0.1) is 5.69 Å². The number of benzene rings is 1. The zero-order valence-electron chi connectivity index (χ0n) is 11.0. The Balaban J connectivity index is 2.20. The van der Waals surface area contributed by atoms with Crippen LogP contribution < -0.4 is 10.2 Å². The molecule has 3 nitrogen and oxygen atoms in total. The molecule has 1 unspecified atom stereocenters. The second-order valence-electron chi connectivity index (χ2n) is 5.57. The molecule has 1 heterocycles. The molecule has 0 aliphatic carbocycles. The maximum atomic E-state index is 13.8. The smallest absolute Gasteiger partial charge is 0.146 e. The molecule has 1 atom stereocenters. The van der Waals surface area contributed by atoms with E-state index >= 15 is 0 Å². The second kappa shape index (κ2) is 5.24. The minimum Gasteiger partial charge on any atom is -0.396 e. The molecule has 4 heteroatoms. The molecule has 0 spiro atoms. The average molecular weight is 252 g/mol. The highest BCUT2D eigenvalue weighted by Gasteiger charge is 2.32. The summed E-state index contributed by atoms with van der Waals surface area (Å²) >= 11 is 0. The summed E-state index contributed by atoms with van der Waals surface area (Å²) in [7, 11) is 0. The highest BCUT2D eigenvalue weighted by Crippen LogP contribution is 2.25. The molecule has 1 aromatic rings. The van der Waals surface area contributed by atoms with E-state index in [9.17, 15) is 4.39 Å². The highest BCUT2D eigenvalue weighted by atomic mass is 19.1. The molecular formula is C14H21FN2O. The molecule has 2 rings (SSSR count). The average Bonchev–Trinajstić information content (AvgIpc) is 2.27. The first-order valence-electron chi connectivity index (χ1n) is 6.40. The Kier molecular flexibility index (Phi) is 3.88. The van der Waals surface area contributed by atoms with Crippen LogP contribution >= 0.6 is 0 Å². The van der Waals surface area contributed by atoms with Gasteiger partial charge in [0.25, 0.3) is 0 Å². The van der Waals surface area contributed by atoms with Crippen molar-refractivity contribution in [2.45, 2.75) is 31.8 Å². The van der Waals surface area contributed by atoms with E-state index in [1.165, 1.54) is 6.07 Å². The lowest BCUT2D eigenvalue weighted by atomic mass is 9.96. The number of hydrogen-bond acceptors (Lipinski definition) is 3. The number of halogens is 1. The monoisotopic (exact) mass is 252 g/mol. The Morgan fingerprint density at radius 3 is 2.83 bits per heavy atom. The quantitative estimate of drug-likeness (QED) is 0.860. The van der Waals surface area contributed by atoms with Crippen LogP contribution in [0.4, 0.5) is 10.1 Å². The Labute approximate surface area is 108 Å². The van der Waals surface area contributed by atoms with Crippen molar-refractivity contribution in [3.8, 4) is 0 Å². The fraction of sp³-hybridized carbons (Fsp3) is 0.571. The summed E-state index contributed by atoms with van der Waals surface area (Å²) in [6.45, 7) is 5.84. The van der Waals surface area contributed by atoms with Gasteiger partial charge in [-0.2, -0.15) is 0 Å². The third-order valence-electron chi connectivity index (χ3n) is 3.29. The lowest BCUT2D eigenvalue weighted by Gasteiger charge is -2.45. The summed E-state index contributed by atoms with van der Waals surface area (Å²) in [5.74, 6) is -0.182. The Hall–Kier alpha value is -1.13. The standard InChI is InChI=1S/C14H21FN2O/c1-14(2)10-17(9-11(16-14)7-8-18)13-6-4-3-5-12(13)15/h3-6,11,16,18H,7-10H2,1-2H3. The molecule has 1 aliphatic rings. The zero-order chi connectivity index (χ0) is 13.2. The number of para-hydroxylation sites is 1. The van der Waals surface area contributed by atoms with Gasteiger partial charge in [0.1, 0.15) is 5.82 Å². The number of nitrogens with zero attached hydrogens (tertiary/aromatic N) is 1. The summed E-state index contributed by atoms with van der Waals surface area (Å²) in [4.78, 5) is 2.06. The largest absolute Gasteiger partial charge is 0.396 e. The molecule has 0 amide bonds. The first-order chi connectivity index (χ1) is 8.52. The molecular weight excluding hydrogens is 231 g/mol. The normalized spacial score (nSPS) is 23.1. The number of rotatable bonds is 3. The van der Waals surface area contributed by atoms with E-state index in [0.717, 1.165) is 13.1 Å². The van der Waals surface area contributed by atoms with Gasteiger partial charge in [0, 0.05) is 31.3 Å². The van der Waals surface area contributed by atoms with Crippen LogP contribution in [0.5, 0.6) is 0 Å². The summed E-state index contributed by atoms with van der Waals surface area (Å²) in [6, 6.07) is 7.06. The van der Waals surface area contributed by atoms with E-state index in [2.05, 4.69) is 24.1 Å². The zero-order valence-corrected chi connectivity index (χ0v) is 11.0. The van der Waals surface area contributed by atoms with Gasteiger partial charge in [-0.25, -0.2) is 4.39 Å². The predicted octanol–water partition coefficient (Wildman–Crippen LogP) is 1.76. The topological polar surface area (TPSA) is 35.5 Å². The van der Waals surface area contributed by atoms with Gasteiger partial charge < -0.3 is 15.3 Å². The maximum absolute atomic E-state index is 13.8. The number of aliphatic hydroxyl groups is 1. The van der Waals surface area contributed by atoms with Crippen LogP contribution in [0.25, 0.3) is 0 Å². The van der Waals surface area contributed by atoms with Gasteiger partial charge in [0.2, 0.25) is 0 Å². The van der Waals surface area contributed by atoms with Gasteiger partial charge in [0.15, 0.2) is 0 Å². The number of piperazine rings is 1. The van der Waals surface area contributed by atoms with Gasteiger partial charge in [-0.05, 0) is 32.4 Å². The van der Waals surface area contributed by atoms with Crippen molar-refractivity contribution in [2.75, 3.05) is 24.6 Å². The third-order valence-corrected chi connectivity index (χ3v) is 3.29. The SMILES string of the molecule is CC1(C)CN(c2ccccc2F)CC(CCO)N1. The van der Waals surface area contributed by atoms with Gasteiger partial charge in [-0.1, -0.05) is 12.1 Å². The van der Waals surface area contributed by atoms with E-state index in [4.69, 9.17) is 5.11 Å². The minimum absolute atomic E-state index is 0.0830. The van der Waals surface area contributed by atoms with Crippen LogP contribution in [-0.4, -0.2) is 36.4 Å². The van der Waals surface area contributed by atoms with E-state index in [-0.39, 0.29) is 24.0 Å². The van der Waals surface area contributed by atoms with Crippen molar-refractivity contribution < 1.29 is 9.50 Å². The predicted molar refractivity (Wildman–Crippen MR) is 71.3 cm³/mol. The van der Waals surface area contributed by atoms with E-state index < -0.39 is 0 Å². The van der Waals surface area contributed by atoms with Gasteiger partial charge in [-0.15, -0.1) is 0 Å². The molecule has 18 heavy (non-hydrogen) atoms. The highest BCUT2D eigenvalue weighted by molar-refractivity contribution is 5.49. The summed E-state index contributed by atoms with van der Waals surface area (Å²) in [5, 5.41) is 12.6. The molecule has 100 valence electrons. The Bertz CT molecular complexity index is 409. The molecule has 1 aliphatic heterocycles. The summed E-state index contributed by atoms with van der Waals surface area (Å²) < 4.78 is 13.8. The minimum atomic E-state index is -0.182. The van der Waals surface area contributed by atoms with Crippen LogP contribution in [0.2, 0.25) is 0 Å². The number of anilines is 1. The van der Waals surface area contributed by atoms with Crippen molar-refractivity contribution in [1.29, 1.82) is 0 Å². The fourth-order valence-electron chi connectivity index (χ4n) is 2.66. The van der Waals surface area contributed by atoms with Crippen molar-refractivity contribution >= 4 is 5.69 Å². The summed E-state index contributed by atoms with van der Waals surface area (Å²) in [6.07, 6.45) is 0.689. The maximum Gasteiger partial charge on any atom is 0.146 e. The van der Waals surface area contributed by atoms with E-state index in [1.54, 1.807) is 6.07 Å². The van der Waals surface area contributed by atoms with Crippen LogP contribution in [0.1, 0.15) is 20.3 Å². The van der Waals surface area contributed by atoms with Gasteiger partial charge in [-0.3, -0.25) is 0 Å².